The van der Waals surface area contributed by atoms with E-state index in [1.54, 1.807) is 12.3 Å². The van der Waals surface area contributed by atoms with Crippen LogP contribution >= 0.6 is 0 Å². The van der Waals surface area contributed by atoms with Crippen molar-refractivity contribution in [3.05, 3.63) is 59.9 Å². The van der Waals surface area contributed by atoms with E-state index in [9.17, 15) is 4.79 Å². The summed E-state index contributed by atoms with van der Waals surface area (Å²) in [5, 5.41) is 6.86. The molecule has 0 saturated heterocycles. The number of nitrogens with zero attached hydrogens (tertiary/aromatic N) is 2. The van der Waals surface area contributed by atoms with Crippen LogP contribution in [0.5, 0.6) is 0 Å². The molecule has 1 heterocycles. The highest BCUT2D eigenvalue weighted by molar-refractivity contribution is 5.83. The number of rotatable bonds is 5. The maximum Gasteiger partial charge on any atom is 0.259 e. The van der Waals surface area contributed by atoms with Crippen LogP contribution in [0.25, 0.3) is 0 Å². The molecule has 0 aliphatic heterocycles. The number of hydrogen-bond donors (Lipinski definition) is 2. The Balaban J connectivity index is 1.76. The van der Waals surface area contributed by atoms with E-state index in [0.717, 1.165) is 5.69 Å². The molecule has 0 radical (unpaired) electrons. The number of aryl methyl sites for hydroxylation is 1. The Hall–Kier alpha value is -2.69. The van der Waals surface area contributed by atoms with Gasteiger partial charge in [-0.15, -0.1) is 0 Å². The molecule has 2 rings (SSSR count). The number of aromatic nitrogens is 1. The number of carbonyl (C=O) groups is 1. The van der Waals surface area contributed by atoms with Crippen molar-refractivity contribution in [2.24, 2.45) is 5.10 Å². The minimum atomic E-state index is -0.210. The first-order chi connectivity index (χ1) is 9.74. The fraction of sp³-hybridized carbons (Fsp3) is 0.133. The number of pyridine rings is 1. The number of hydrazone groups is 1. The average molecular weight is 268 g/mol. The van der Waals surface area contributed by atoms with Gasteiger partial charge in [0.2, 0.25) is 0 Å². The average Bonchev–Trinajstić information content (AvgIpc) is 2.48. The van der Waals surface area contributed by atoms with Crippen molar-refractivity contribution in [1.29, 1.82) is 0 Å². The van der Waals surface area contributed by atoms with Crippen LogP contribution < -0.4 is 10.7 Å². The summed E-state index contributed by atoms with van der Waals surface area (Å²) in [4.78, 5) is 15.6. The number of benzene rings is 1. The standard InChI is InChI=1S/C15H16N4O/c1-12-5-7-13(8-6-12)17-11-15(20)19-18-10-14-4-2-3-9-16-14/h2-10,17H,11H2,1H3,(H,19,20)/b18-10+. The van der Waals surface area contributed by atoms with Crippen molar-refractivity contribution in [1.82, 2.24) is 10.4 Å². The minimum absolute atomic E-state index is 0.169. The molecule has 20 heavy (non-hydrogen) atoms. The third kappa shape index (κ3) is 4.53. The molecule has 0 aliphatic rings. The minimum Gasteiger partial charge on any atom is -0.376 e. The quantitative estimate of drug-likeness (QED) is 0.643. The Bertz CT molecular complexity index is 579. The lowest BCUT2D eigenvalue weighted by Gasteiger charge is -2.05. The van der Waals surface area contributed by atoms with Crippen LogP contribution in [0.2, 0.25) is 0 Å². The number of hydrogen-bond acceptors (Lipinski definition) is 4. The van der Waals surface area contributed by atoms with E-state index in [2.05, 4.69) is 20.8 Å². The van der Waals surface area contributed by atoms with Gasteiger partial charge in [0.05, 0.1) is 18.5 Å². The van der Waals surface area contributed by atoms with Gasteiger partial charge in [0.1, 0.15) is 0 Å². The third-order valence-electron chi connectivity index (χ3n) is 2.58. The monoisotopic (exact) mass is 268 g/mol. The first-order valence-corrected chi connectivity index (χ1v) is 6.27. The predicted octanol–water partition coefficient (Wildman–Crippen LogP) is 1.95. The molecule has 0 bridgehead atoms. The highest BCUT2D eigenvalue weighted by Gasteiger charge is 1.99. The van der Waals surface area contributed by atoms with Crippen molar-refractivity contribution >= 4 is 17.8 Å². The lowest BCUT2D eigenvalue weighted by atomic mass is 10.2. The second-order valence-corrected chi connectivity index (χ2v) is 4.27. The number of nitrogens with one attached hydrogen (secondary N) is 2. The molecule has 0 unspecified atom stereocenters. The molecular formula is C15H16N4O. The molecule has 2 aromatic rings. The van der Waals surface area contributed by atoms with Gasteiger partial charge in [-0.05, 0) is 31.2 Å². The molecule has 5 nitrogen and oxygen atoms in total. The van der Waals surface area contributed by atoms with Gasteiger partial charge in [0, 0.05) is 11.9 Å². The summed E-state index contributed by atoms with van der Waals surface area (Å²) in [7, 11) is 0. The molecule has 5 heteroatoms. The molecule has 0 fully saturated rings. The lowest BCUT2D eigenvalue weighted by Crippen LogP contribution is -2.25. The third-order valence-corrected chi connectivity index (χ3v) is 2.58. The first kappa shape index (κ1) is 13.7. The van der Waals surface area contributed by atoms with Crippen LogP contribution in [0.15, 0.2) is 53.8 Å². The Kier molecular flexibility index (Phi) is 4.83. The van der Waals surface area contributed by atoms with Gasteiger partial charge in [0.25, 0.3) is 5.91 Å². The predicted molar refractivity (Wildman–Crippen MR) is 79.6 cm³/mol. The van der Waals surface area contributed by atoms with Crippen molar-refractivity contribution < 1.29 is 4.79 Å². The van der Waals surface area contributed by atoms with E-state index < -0.39 is 0 Å². The second-order valence-electron chi connectivity index (χ2n) is 4.27. The summed E-state index contributed by atoms with van der Waals surface area (Å²) in [6, 6.07) is 13.3. The summed E-state index contributed by atoms with van der Waals surface area (Å²) in [6.45, 7) is 2.19. The van der Waals surface area contributed by atoms with Crippen molar-refractivity contribution in [3.8, 4) is 0 Å². The van der Waals surface area contributed by atoms with Gasteiger partial charge in [-0.1, -0.05) is 23.8 Å². The van der Waals surface area contributed by atoms with Gasteiger partial charge >= 0.3 is 0 Å². The van der Waals surface area contributed by atoms with Crippen LogP contribution in [0, 0.1) is 6.92 Å². The molecule has 0 aliphatic carbocycles. The fourth-order valence-electron chi connectivity index (χ4n) is 1.52. The van der Waals surface area contributed by atoms with E-state index in [0.29, 0.717) is 5.69 Å². The molecular weight excluding hydrogens is 252 g/mol. The highest BCUT2D eigenvalue weighted by Crippen LogP contribution is 2.07. The van der Waals surface area contributed by atoms with Crippen LogP contribution in [0.4, 0.5) is 5.69 Å². The van der Waals surface area contributed by atoms with Crippen LogP contribution in [0.3, 0.4) is 0 Å². The van der Waals surface area contributed by atoms with E-state index in [4.69, 9.17) is 0 Å². The zero-order chi connectivity index (χ0) is 14.2. The van der Waals surface area contributed by atoms with Crippen molar-refractivity contribution in [2.75, 3.05) is 11.9 Å². The molecule has 2 N–H and O–H groups in total. The first-order valence-electron chi connectivity index (χ1n) is 6.27. The van der Waals surface area contributed by atoms with Gasteiger partial charge in [-0.2, -0.15) is 5.10 Å². The second kappa shape index (κ2) is 7.04. The molecule has 0 atom stereocenters. The lowest BCUT2D eigenvalue weighted by molar-refractivity contribution is -0.119. The Morgan fingerprint density at radius 2 is 2.05 bits per heavy atom. The van der Waals surface area contributed by atoms with Gasteiger partial charge < -0.3 is 5.32 Å². The van der Waals surface area contributed by atoms with Crippen molar-refractivity contribution in [2.45, 2.75) is 6.92 Å². The summed E-state index contributed by atoms with van der Waals surface area (Å²) in [5.41, 5.74) is 5.22. The normalized spacial score (nSPS) is 10.4. The molecule has 1 aromatic carbocycles. The smallest absolute Gasteiger partial charge is 0.259 e. The molecule has 0 saturated carbocycles. The van der Waals surface area contributed by atoms with Crippen molar-refractivity contribution in [3.63, 3.8) is 0 Å². The zero-order valence-electron chi connectivity index (χ0n) is 11.2. The summed E-state index contributed by atoms with van der Waals surface area (Å²) in [6.07, 6.45) is 3.17. The van der Waals surface area contributed by atoms with Crippen LogP contribution in [-0.2, 0) is 4.79 Å². The van der Waals surface area contributed by atoms with E-state index in [1.807, 2.05) is 43.3 Å². The van der Waals surface area contributed by atoms with Gasteiger partial charge in [0.15, 0.2) is 0 Å². The Morgan fingerprint density at radius 3 is 2.75 bits per heavy atom. The van der Waals surface area contributed by atoms with Gasteiger partial charge in [-0.25, -0.2) is 5.43 Å². The summed E-state index contributed by atoms with van der Waals surface area (Å²) in [5.74, 6) is -0.210. The van der Waals surface area contributed by atoms with Gasteiger partial charge in [-0.3, -0.25) is 9.78 Å². The largest absolute Gasteiger partial charge is 0.376 e. The molecule has 1 aromatic heterocycles. The van der Waals surface area contributed by atoms with E-state index in [-0.39, 0.29) is 12.5 Å². The zero-order valence-corrected chi connectivity index (χ0v) is 11.2. The van der Waals surface area contributed by atoms with Crippen LogP contribution in [0.1, 0.15) is 11.3 Å². The Morgan fingerprint density at radius 1 is 1.25 bits per heavy atom. The van der Waals surface area contributed by atoms with E-state index >= 15 is 0 Å². The molecule has 102 valence electrons. The maximum absolute atomic E-state index is 11.6. The topological polar surface area (TPSA) is 66.4 Å². The summed E-state index contributed by atoms with van der Waals surface area (Å²) >= 11 is 0. The molecule has 0 spiro atoms. The van der Waals surface area contributed by atoms with Crippen LogP contribution in [-0.4, -0.2) is 23.7 Å². The number of amides is 1. The van der Waals surface area contributed by atoms with E-state index in [1.165, 1.54) is 11.8 Å². The molecule has 1 amide bonds. The number of carbonyl (C=O) groups excluding carboxylic acids is 1. The fourth-order valence-corrected chi connectivity index (χ4v) is 1.52. The number of anilines is 1. The maximum atomic E-state index is 11.6. The highest BCUT2D eigenvalue weighted by atomic mass is 16.2. The summed E-state index contributed by atoms with van der Waals surface area (Å²) < 4.78 is 0. The SMILES string of the molecule is Cc1ccc(NCC(=O)N/N=C/c2ccccn2)cc1. The Labute approximate surface area is 117 Å².